The van der Waals surface area contributed by atoms with E-state index in [1.54, 1.807) is 6.07 Å². The molecule has 0 saturated heterocycles. The van der Waals surface area contributed by atoms with Crippen molar-refractivity contribution in [3.63, 3.8) is 0 Å². The molecule has 0 bridgehead atoms. The van der Waals surface area contributed by atoms with Crippen molar-refractivity contribution in [1.29, 1.82) is 0 Å². The fourth-order valence-electron chi connectivity index (χ4n) is 2.11. The van der Waals surface area contributed by atoms with Gasteiger partial charge in [-0.1, -0.05) is 16.8 Å². The maximum Gasteiger partial charge on any atom is 0.240 e. The van der Waals surface area contributed by atoms with Gasteiger partial charge >= 0.3 is 0 Å². The van der Waals surface area contributed by atoms with Crippen LogP contribution in [0.5, 0.6) is 5.75 Å². The van der Waals surface area contributed by atoms with Crippen LogP contribution in [0.15, 0.2) is 16.7 Å². The molecule has 0 fully saturated rings. The van der Waals surface area contributed by atoms with Gasteiger partial charge in [0.25, 0.3) is 0 Å². The van der Waals surface area contributed by atoms with E-state index in [0.717, 1.165) is 23.3 Å². The molecule has 1 aromatic carbocycles. The van der Waals surface area contributed by atoms with E-state index in [9.17, 15) is 0 Å². The number of nitrogens with two attached hydrogens (primary N) is 1. The molecule has 0 spiro atoms. The first-order chi connectivity index (χ1) is 8.67. The summed E-state index contributed by atoms with van der Waals surface area (Å²) in [6, 6.07) is 3.69. The second kappa shape index (κ2) is 4.26. The van der Waals surface area contributed by atoms with Gasteiger partial charge in [0, 0.05) is 17.0 Å². The molecule has 5 nitrogen and oxygen atoms in total. The average Bonchev–Trinajstić information content (AvgIpc) is 2.93. The predicted octanol–water partition coefficient (Wildman–Crippen LogP) is 2.17. The molecule has 6 heteroatoms. The standard InChI is InChI=1S/C12H12ClN3O2/c1-6-2-7-3-8(13)4-9(11(7)17-6)12-15-10(5-14)18-16-12/h3-4,6H,2,5,14H2,1H3. The normalized spacial score (nSPS) is 17.6. The van der Waals surface area contributed by atoms with Crippen LogP contribution < -0.4 is 10.5 Å². The van der Waals surface area contributed by atoms with E-state index < -0.39 is 0 Å². The topological polar surface area (TPSA) is 74.2 Å². The Morgan fingerprint density at radius 2 is 2.33 bits per heavy atom. The summed E-state index contributed by atoms with van der Waals surface area (Å²) in [6.07, 6.45) is 0.975. The Labute approximate surface area is 109 Å². The number of hydrogen-bond acceptors (Lipinski definition) is 5. The third-order valence-corrected chi connectivity index (χ3v) is 3.06. The molecule has 1 aromatic heterocycles. The van der Waals surface area contributed by atoms with Crippen molar-refractivity contribution in [3.8, 4) is 17.1 Å². The first-order valence-corrected chi connectivity index (χ1v) is 6.07. The molecule has 1 unspecified atom stereocenters. The quantitative estimate of drug-likeness (QED) is 0.901. The van der Waals surface area contributed by atoms with E-state index in [-0.39, 0.29) is 12.6 Å². The van der Waals surface area contributed by atoms with E-state index in [4.69, 9.17) is 26.6 Å². The highest BCUT2D eigenvalue weighted by molar-refractivity contribution is 6.31. The van der Waals surface area contributed by atoms with Gasteiger partial charge in [0.2, 0.25) is 11.7 Å². The lowest BCUT2D eigenvalue weighted by molar-refractivity contribution is 0.255. The van der Waals surface area contributed by atoms with Crippen LogP contribution in [0, 0.1) is 0 Å². The number of hydrogen-bond donors (Lipinski definition) is 1. The minimum atomic E-state index is 0.137. The zero-order chi connectivity index (χ0) is 12.7. The van der Waals surface area contributed by atoms with E-state index in [1.165, 1.54) is 0 Å². The summed E-state index contributed by atoms with van der Waals surface area (Å²) in [6.45, 7) is 2.23. The van der Waals surface area contributed by atoms with Gasteiger partial charge in [0.1, 0.15) is 11.9 Å². The highest BCUT2D eigenvalue weighted by atomic mass is 35.5. The van der Waals surface area contributed by atoms with E-state index in [2.05, 4.69) is 10.1 Å². The van der Waals surface area contributed by atoms with Crippen LogP contribution in [-0.4, -0.2) is 16.2 Å². The van der Waals surface area contributed by atoms with Crippen LogP contribution >= 0.6 is 11.6 Å². The SMILES string of the molecule is CC1Cc2cc(Cl)cc(-c3noc(CN)n3)c2O1. The maximum atomic E-state index is 6.10. The predicted molar refractivity (Wildman–Crippen MR) is 66.4 cm³/mol. The van der Waals surface area contributed by atoms with Crippen molar-refractivity contribution in [2.24, 2.45) is 5.73 Å². The van der Waals surface area contributed by atoms with Gasteiger partial charge in [-0.2, -0.15) is 4.98 Å². The molecule has 0 amide bonds. The van der Waals surface area contributed by atoms with Gasteiger partial charge in [0.15, 0.2) is 0 Å². The lowest BCUT2D eigenvalue weighted by atomic mass is 10.1. The van der Waals surface area contributed by atoms with Gasteiger partial charge < -0.3 is 15.0 Å². The minimum Gasteiger partial charge on any atom is -0.489 e. The fraction of sp³-hybridized carbons (Fsp3) is 0.333. The van der Waals surface area contributed by atoms with Crippen molar-refractivity contribution in [2.45, 2.75) is 26.0 Å². The van der Waals surface area contributed by atoms with Gasteiger partial charge in [0.05, 0.1) is 12.1 Å². The lowest BCUT2D eigenvalue weighted by Gasteiger charge is -2.06. The Morgan fingerprint density at radius 3 is 3.06 bits per heavy atom. The highest BCUT2D eigenvalue weighted by Gasteiger charge is 2.25. The molecule has 3 rings (SSSR count). The Hall–Kier alpha value is -1.59. The second-order valence-electron chi connectivity index (χ2n) is 4.29. The molecule has 94 valence electrons. The van der Waals surface area contributed by atoms with E-state index in [1.807, 2.05) is 13.0 Å². The molecule has 0 saturated carbocycles. The summed E-state index contributed by atoms with van der Waals surface area (Å²) >= 11 is 6.10. The largest absolute Gasteiger partial charge is 0.489 e. The van der Waals surface area contributed by atoms with Crippen LogP contribution in [-0.2, 0) is 13.0 Å². The number of benzene rings is 1. The summed E-state index contributed by atoms with van der Waals surface area (Å²) in [5.41, 5.74) is 7.28. The summed E-state index contributed by atoms with van der Waals surface area (Å²) in [5, 5.41) is 4.54. The van der Waals surface area contributed by atoms with Crippen molar-refractivity contribution >= 4 is 11.6 Å². The van der Waals surface area contributed by atoms with Crippen molar-refractivity contribution < 1.29 is 9.26 Å². The number of aromatic nitrogens is 2. The summed E-state index contributed by atoms with van der Waals surface area (Å²) < 4.78 is 10.8. The number of rotatable bonds is 2. The third-order valence-electron chi connectivity index (χ3n) is 2.84. The van der Waals surface area contributed by atoms with Crippen molar-refractivity contribution in [2.75, 3.05) is 0 Å². The Morgan fingerprint density at radius 1 is 1.50 bits per heavy atom. The smallest absolute Gasteiger partial charge is 0.240 e. The molecule has 0 aliphatic carbocycles. The minimum absolute atomic E-state index is 0.137. The number of halogens is 1. The molecule has 0 radical (unpaired) electrons. The second-order valence-corrected chi connectivity index (χ2v) is 4.73. The van der Waals surface area contributed by atoms with Crippen LogP contribution in [0.4, 0.5) is 0 Å². The first kappa shape index (κ1) is 11.5. The molecule has 1 aliphatic heterocycles. The van der Waals surface area contributed by atoms with Gasteiger partial charge in [-0.05, 0) is 19.1 Å². The van der Waals surface area contributed by atoms with Crippen molar-refractivity contribution in [1.82, 2.24) is 10.1 Å². The fourth-order valence-corrected chi connectivity index (χ4v) is 2.35. The molecular weight excluding hydrogens is 254 g/mol. The summed E-state index contributed by atoms with van der Waals surface area (Å²) in [5.74, 6) is 1.64. The molecule has 2 aromatic rings. The maximum absolute atomic E-state index is 6.10. The first-order valence-electron chi connectivity index (χ1n) is 5.69. The molecule has 1 aliphatic rings. The number of fused-ring (bicyclic) bond motifs is 1. The monoisotopic (exact) mass is 265 g/mol. The lowest BCUT2D eigenvalue weighted by Crippen LogP contribution is -2.05. The molecule has 18 heavy (non-hydrogen) atoms. The Kier molecular flexibility index (Phi) is 2.72. The van der Waals surface area contributed by atoms with Crippen LogP contribution in [0.25, 0.3) is 11.4 Å². The average molecular weight is 266 g/mol. The summed E-state index contributed by atoms with van der Waals surface area (Å²) in [7, 11) is 0. The number of nitrogens with zero attached hydrogens (tertiary/aromatic N) is 2. The van der Waals surface area contributed by atoms with E-state index >= 15 is 0 Å². The van der Waals surface area contributed by atoms with Gasteiger partial charge in [-0.3, -0.25) is 0 Å². The molecule has 2 heterocycles. The van der Waals surface area contributed by atoms with Crippen LogP contribution in [0.2, 0.25) is 5.02 Å². The Balaban J connectivity index is 2.12. The number of ether oxygens (including phenoxy) is 1. The van der Waals surface area contributed by atoms with Crippen LogP contribution in [0.1, 0.15) is 18.4 Å². The zero-order valence-corrected chi connectivity index (χ0v) is 10.6. The van der Waals surface area contributed by atoms with Crippen LogP contribution in [0.3, 0.4) is 0 Å². The molecule has 2 N–H and O–H groups in total. The molecule has 1 atom stereocenters. The summed E-state index contributed by atoms with van der Waals surface area (Å²) in [4.78, 5) is 4.20. The van der Waals surface area contributed by atoms with Gasteiger partial charge in [-0.25, -0.2) is 0 Å². The van der Waals surface area contributed by atoms with E-state index in [0.29, 0.717) is 16.7 Å². The Bertz CT molecular complexity index is 597. The van der Waals surface area contributed by atoms with Gasteiger partial charge in [-0.15, -0.1) is 0 Å². The van der Waals surface area contributed by atoms with Crippen molar-refractivity contribution in [3.05, 3.63) is 28.6 Å². The highest BCUT2D eigenvalue weighted by Crippen LogP contribution is 2.39. The zero-order valence-electron chi connectivity index (χ0n) is 9.81. The molecular formula is C12H12ClN3O2. The third kappa shape index (κ3) is 1.85.